The predicted octanol–water partition coefficient (Wildman–Crippen LogP) is 7.40. The van der Waals surface area contributed by atoms with Gasteiger partial charge in [-0.2, -0.15) is 18.3 Å². The Bertz CT molecular complexity index is 1210. The fourth-order valence-corrected chi connectivity index (χ4v) is 4.07. The summed E-state index contributed by atoms with van der Waals surface area (Å²) in [5.41, 5.74) is 1.35. The number of anilines is 1. The van der Waals surface area contributed by atoms with Crippen LogP contribution in [0.2, 0.25) is 5.02 Å². The summed E-state index contributed by atoms with van der Waals surface area (Å²) >= 11 is 6.30. The number of hydrogen-bond donors (Lipinski definition) is 0. The molecular weight excluding hydrogens is 465 g/mol. The van der Waals surface area contributed by atoms with Crippen LogP contribution in [0.5, 0.6) is 11.5 Å². The molecule has 176 valence electrons. The summed E-state index contributed by atoms with van der Waals surface area (Å²) in [4.78, 5) is 0. The maximum Gasteiger partial charge on any atom is 0.418 e. The maximum absolute atomic E-state index is 13.9. The third-order valence-corrected chi connectivity index (χ3v) is 5.84. The highest BCUT2D eigenvalue weighted by atomic mass is 35.5. The molecular formula is C26H22ClF3N2O2. The smallest absolute Gasteiger partial charge is 0.418 e. The second kappa shape index (κ2) is 9.81. The van der Waals surface area contributed by atoms with Crippen LogP contribution in [0.1, 0.15) is 29.2 Å². The van der Waals surface area contributed by atoms with Gasteiger partial charge in [0.25, 0.3) is 0 Å². The first-order chi connectivity index (χ1) is 16.3. The van der Waals surface area contributed by atoms with Crippen molar-refractivity contribution in [2.24, 2.45) is 5.10 Å². The number of ether oxygens (including phenoxy) is 2. The first-order valence-corrected chi connectivity index (χ1v) is 10.9. The Morgan fingerprint density at radius 3 is 2.12 bits per heavy atom. The van der Waals surface area contributed by atoms with Crippen LogP contribution in [0.3, 0.4) is 0 Å². The van der Waals surface area contributed by atoms with Gasteiger partial charge in [0.1, 0.15) is 11.5 Å². The normalized spacial score (nSPS) is 16.1. The molecule has 0 unspecified atom stereocenters. The molecule has 1 heterocycles. The summed E-state index contributed by atoms with van der Waals surface area (Å²) in [6.45, 7) is 0. The second-order valence-electron chi connectivity index (χ2n) is 7.67. The van der Waals surface area contributed by atoms with Crippen LogP contribution in [0.15, 0.2) is 77.9 Å². The maximum atomic E-state index is 13.9. The number of benzene rings is 3. The van der Waals surface area contributed by atoms with Crippen molar-refractivity contribution < 1.29 is 22.6 Å². The van der Waals surface area contributed by atoms with Gasteiger partial charge in [0.2, 0.25) is 0 Å². The van der Waals surface area contributed by atoms with Crippen molar-refractivity contribution in [2.75, 3.05) is 19.2 Å². The lowest BCUT2D eigenvalue weighted by Crippen LogP contribution is -2.22. The number of alkyl halides is 3. The van der Waals surface area contributed by atoms with Crippen molar-refractivity contribution >= 4 is 29.1 Å². The Morgan fingerprint density at radius 2 is 1.53 bits per heavy atom. The zero-order valence-corrected chi connectivity index (χ0v) is 19.3. The van der Waals surface area contributed by atoms with Crippen molar-refractivity contribution in [3.8, 4) is 11.5 Å². The first-order valence-electron chi connectivity index (χ1n) is 10.5. The van der Waals surface area contributed by atoms with E-state index in [0.29, 0.717) is 17.9 Å². The van der Waals surface area contributed by atoms with E-state index in [9.17, 15) is 13.2 Å². The molecule has 1 atom stereocenters. The number of hydrazone groups is 1. The van der Waals surface area contributed by atoms with Gasteiger partial charge < -0.3 is 9.47 Å². The third kappa shape index (κ3) is 5.04. The Labute approximate surface area is 200 Å². The summed E-state index contributed by atoms with van der Waals surface area (Å²) < 4.78 is 52.0. The van der Waals surface area contributed by atoms with E-state index in [1.165, 1.54) is 17.1 Å². The quantitative estimate of drug-likeness (QED) is 0.364. The first kappa shape index (κ1) is 23.7. The highest BCUT2D eigenvalue weighted by Crippen LogP contribution is 2.46. The van der Waals surface area contributed by atoms with E-state index in [0.717, 1.165) is 22.9 Å². The van der Waals surface area contributed by atoms with Crippen molar-refractivity contribution in [1.82, 2.24) is 0 Å². The van der Waals surface area contributed by atoms with E-state index in [1.807, 2.05) is 48.6 Å². The molecule has 3 aromatic rings. The Hall–Kier alpha value is -3.45. The molecule has 1 aliphatic rings. The van der Waals surface area contributed by atoms with Crippen LogP contribution in [-0.2, 0) is 6.18 Å². The number of nitrogens with zero attached hydrogens (tertiary/aromatic N) is 2. The average Bonchev–Trinajstić information content (AvgIpc) is 3.26. The molecule has 0 amide bonds. The number of halogens is 4. The minimum absolute atomic E-state index is 0.0162. The molecule has 0 saturated heterocycles. The standard InChI is InChI=1S/C26H22ClF3N2O2/c1-33-20-12-7-17(8-13-20)6-11-19-16-24(18-9-14-21(34-2)15-10-18)32(31-19)25-22(26(28,29)30)4-3-5-23(25)27/h3-15,24H,16H2,1-2H3/b11-6+/t24-/m0/s1. The summed E-state index contributed by atoms with van der Waals surface area (Å²) in [6, 6.07) is 17.9. The topological polar surface area (TPSA) is 34.1 Å². The van der Waals surface area contributed by atoms with Crippen LogP contribution < -0.4 is 14.5 Å². The molecule has 1 aliphatic heterocycles. The van der Waals surface area contributed by atoms with E-state index in [1.54, 1.807) is 26.4 Å². The van der Waals surface area contributed by atoms with Crippen LogP contribution in [0.4, 0.5) is 18.9 Å². The van der Waals surface area contributed by atoms with Crippen LogP contribution in [-0.4, -0.2) is 19.9 Å². The van der Waals surface area contributed by atoms with Crippen molar-refractivity contribution in [1.29, 1.82) is 0 Å². The summed E-state index contributed by atoms with van der Waals surface area (Å²) in [6.07, 6.45) is -0.504. The lowest BCUT2D eigenvalue weighted by atomic mass is 10.00. The van der Waals surface area contributed by atoms with E-state index in [-0.39, 0.29) is 10.7 Å². The number of allylic oxidation sites excluding steroid dienone is 1. The van der Waals surface area contributed by atoms with Gasteiger partial charge in [0.05, 0.1) is 42.2 Å². The molecule has 0 aromatic heterocycles. The Balaban J connectivity index is 1.74. The van der Waals surface area contributed by atoms with Gasteiger partial charge in [-0.15, -0.1) is 0 Å². The van der Waals surface area contributed by atoms with Crippen molar-refractivity contribution in [3.63, 3.8) is 0 Å². The van der Waals surface area contributed by atoms with E-state index < -0.39 is 17.8 Å². The molecule has 0 bridgehead atoms. The van der Waals surface area contributed by atoms with Gasteiger partial charge in [-0.05, 0) is 53.6 Å². The number of methoxy groups -OCH3 is 2. The monoisotopic (exact) mass is 486 g/mol. The van der Waals surface area contributed by atoms with E-state index in [2.05, 4.69) is 5.10 Å². The minimum Gasteiger partial charge on any atom is -0.497 e. The van der Waals surface area contributed by atoms with E-state index in [4.69, 9.17) is 21.1 Å². The van der Waals surface area contributed by atoms with Gasteiger partial charge in [-0.3, -0.25) is 5.01 Å². The van der Waals surface area contributed by atoms with Gasteiger partial charge in [0.15, 0.2) is 0 Å². The van der Waals surface area contributed by atoms with Crippen LogP contribution in [0.25, 0.3) is 6.08 Å². The second-order valence-corrected chi connectivity index (χ2v) is 8.08. The Morgan fingerprint density at radius 1 is 0.912 bits per heavy atom. The minimum atomic E-state index is -4.58. The predicted molar refractivity (Wildman–Crippen MR) is 129 cm³/mol. The zero-order chi connectivity index (χ0) is 24.3. The Kier molecular flexibility index (Phi) is 6.84. The van der Waals surface area contributed by atoms with Crippen molar-refractivity contribution in [2.45, 2.75) is 18.6 Å². The highest BCUT2D eigenvalue weighted by Gasteiger charge is 2.39. The fourth-order valence-electron chi connectivity index (χ4n) is 3.81. The average molecular weight is 487 g/mol. The lowest BCUT2D eigenvalue weighted by molar-refractivity contribution is -0.137. The largest absolute Gasteiger partial charge is 0.497 e. The van der Waals surface area contributed by atoms with E-state index >= 15 is 0 Å². The lowest BCUT2D eigenvalue weighted by Gasteiger charge is -2.27. The summed E-state index contributed by atoms with van der Waals surface area (Å²) in [5, 5.41) is 5.92. The van der Waals surface area contributed by atoms with Crippen LogP contribution in [0, 0.1) is 0 Å². The number of hydrogen-bond acceptors (Lipinski definition) is 4. The SMILES string of the molecule is COc1ccc(/C=C/C2=NN(c3c(Cl)cccc3C(F)(F)F)[C@H](c3ccc(OC)cc3)C2)cc1. The van der Waals surface area contributed by atoms with Gasteiger partial charge in [0, 0.05) is 6.42 Å². The van der Waals surface area contributed by atoms with Crippen molar-refractivity contribution in [3.05, 3.63) is 94.5 Å². The molecule has 0 aliphatic carbocycles. The molecule has 0 spiro atoms. The third-order valence-electron chi connectivity index (χ3n) is 5.54. The molecule has 0 fully saturated rings. The molecule has 0 saturated carbocycles. The molecule has 34 heavy (non-hydrogen) atoms. The van der Waals surface area contributed by atoms with Gasteiger partial charge in [-0.1, -0.05) is 48.0 Å². The highest BCUT2D eigenvalue weighted by molar-refractivity contribution is 6.33. The van der Waals surface area contributed by atoms with Crippen LogP contribution >= 0.6 is 11.6 Å². The molecule has 4 nitrogen and oxygen atoms in total. The molecule has 0 N–H and O–H groups in total. The summed E-state index contributed by atoms with van der Waals surface area (Å²) in [5.74, 6) is 1.39. The zero-order valence-electron chi connectivity index (χ0n) is 18.5. The molecule has 8 heteroatoms. The molecule has 4 rings (SSSR count). The number of rotatable bonds is 6. The van der Waals surface area contributed by atoms with Gasteiger partial charge in [-0.25, -0.2) is 0 Å². The van der Waals surface area contributed by atoms with Gasteiger partial charge >= 0.3 is 6.18 Å². The number of para-hydroxylation sites is 1. The summed E-state index contributed by atoms with van der Waals surface area (Å²) in [7, 11) is 3.15. The fraction of sp³-hybridized carbons (Fsp3) is 0.192. The molecule has 0 radical (unpaired) electrons. The molecule has 3 aromatic carbocycles.